The Morgan fingerprint density at radius 2 is 1.96 bits per heavy atom. The van der Waals surface area contributed by atoms with Crippen molar-refractivity contribution in [2.75, 3.05) is 0 Å². The predicted molar refractivity (Wildman–Crippen MR) is 102 cm³/mol. The molecule has 3 nitrogen and oxygen atoms in total. The van der Waals surface area contributed by atoms with Gasteiger partial charge in [0.15, 0.2) is 0 Å². The van der Waals surface area contributed by atoms with Crippen LogP contribution in [0.3, 0.4) is 0 Å². The third-order valence-corrected chi connectivity index (χ3v) is 6.26. The number of hydrogen-bond donors (Lipinski definition) is 0. The lowest BCUT2D eigenvalue weighted by molar-refractivity contribution is 0.726. The Bertz CT molecular complexity index is 1060. The third-order valence-electron chi connectivity index (χ3n) is 4.50. The molecule has 1 aliphatic heterocycles. The van der Waals surface area contributed by atoms with E-state index in [1.807, 2.05) is 38.1 Å². The molecule has 0 saturated heterocycles. The second-order valence-corrected chi connectivity index (χ2v) is 7.93. The Labute approximate surface area is 153 Å². The SMILES string of the molecule is Cc1sc2nc3n(c(=O)c2c1C)CC/C3=C/c1c(Cl)cccc1Cl. The lowest BCUT2D eigenvalue weighted by atomic mass is 10.1. The number of allylic oxidation sites excluding steroid dienone is 1. The van der Waals surface area contributed by atoms with E-state index in [-0.39, 0.29) is 5.56 Å². The van der Waals surface area contributed by atoms with Crippen LogP contribution in [0.5, 0.6) is 0 Å². The normalized spacial score (nSPS) is 15.4. The molecular formula is C18H14Cl2N2OS. The van der Waals surface area contributed by atoms with Gasteiger partial charge in [0.25, 0.3) is 5.56 Å². The zero-order valence-corrected chi connectivity index (χ0v) is 15.5. The average Bonchev–Trinajstić information content (AvgIpc) is 3.06. The van der Waals surface area contributed by atoms with E-state index in [1.54, 1.807) is 15.9 Å². The first-order valence-electron chi connectivity index (χ1n) is 7.63. The fraction of sp³-hybridized carbons (Fsp3) is 0.222. The fourth-order valence-electron chi connectivity index (χ4n) is 3.08. The van der Waals surface area contributed by atoms with Crippen molar-refractivity contribution in [1.82, 2.24) is 9.55 Å². The van der Waals surface area contributed by atoms with Crippen LogP contribution in [0, 0.1) is 13.8 Å². The van der Waals surface area contributed by atoms with E-state index in [4.69, 9.17) is 28.2 Å². The molecule has 4 rings (SSSR count). The molecule has 0 N–H and O–H groups in total. The van der Waals surface area contributed by atoms with Crippen molar-refractivity contribution < 1.29 is 0 Å². The summed E-state index contributed by atoms with van der Waals surface area (Å²) in [7, 11) is 0. The number of aromatic nitrogens is 2. The summed E-state index contributed by atoms with van der Waals surface area (Å²) < 4.78 is 1.76. The first-order chi connectivity index (χ1) is 11.5. The molecule has 0 radical (unpaired) electrons. The molecule has 0 saturated carbocycles. The minimum atomic E-state index is 0.0468. The number of aryl methyl sites for hydroxylation is 2. The van der Waals surface area contributed by atoms with E-state index in [1.165, 1.54) is 0 Å². The molecule has 1 aromatic carbocycles. The molecule has 6 heteroatoms. The Balaban J connectivity index is 1.95. The standard InChI is InChI=1S/C18H14Cl2N2OS/c1-9-10(2)24-17-15(9)18(23)22-7-6-11(16(22)21-17)8-12-13(19)4-3-5-14(12)20/h3-5,8H,6-7H2,1-2H3/b11-8-. The van der Waals surface area contributed by atoms with Crippen molar-refractivity contribution in [3.63, 3.8) is 0 Å². The smallest absolute Gasteiger partial charge is 0.262 e. The molecule has 0 spiro atoms. The Hall–Kier alpha value is -1.62. The van der Waals surface area contributed by atoms with Gasteiger partial charge >= 0.3 is 0 Å². The second kappa shape index (κ2) is 5.73. The molecule has 0 unspecified atom stereocenters. The zero-order valence-electron chi connectivity index (χ0n) is 13.2. The van der Waals surface area contributed by atoms with E-state index < -0.39 is 0 Å². The number of nitrogens with zero attached hydrogens (tertiary/aromatic N) is 2. The maximum atomic E-state index is 12.8. The van der Waals surface area contributed by atoms with Gasteiger partial charge in [0.05, 0.1) is 5.39 Å². The van der Waals surface area contributed by atoms with Crippen LogP contribution in [0.15, 0.2) is 23.0 Å². The molecule has 122 valence electrons. The fourth-order valence-corrected chi connectivity index (χ4v) is 4.61. The monoisotopic (exact) mass is 376 g/mol. The topological polar surface area (TPSA) is 34.9 Å². The van der Waals surface area contributed by atoms with Crippen LogP contribution < -0.4 is 5.56 Å². The summed E-state index contributed by atoms with van der Waals surface area (Å²) in [6.07, 6.45) is 2.70. The van der Waals surface area contributed by atoms with Gasteiger partial charge in [-0.1, -0.05) is 29.3 Å². The molecule has 0 fully saturated rings. The van der Waals surface area contributed by atoms with Crippen LogP contribution in [0.1, 0.15) is 28.2 Å². The van der Waals surface area contributed by atoms with Crippen molar-refractivity contribution in [3.8, 4) is 0 Å². The zero-order chi connectivity index (χ0) is 17.0. The molecule has 0 atom stereocenters. The van der Waals surface area contributed by atoms with Gasteiger partial charge in [0.1, 0.15) is 10.7 Å². The number of benzene rings is 1. The van der Waals surface area contributed by atoms with Crippen molar-refractivity contribution in [1.29, 1.82) is 0 Å². The minimum Gasteiger partial charge on any atom is -0.292 e. The van der Waals surface area contributed by atoms with Gasteiger partial charge in [-0.2, -0.15) is 0 Å². The van der Waals surface area contributed by atoms with Crippen molar-refractivity contribution in [2.24, 2.45) is 0 Å². The molecule has 3 aromatic rings. The van der Waals surface area contributed by atoms with Gasteiger partial charge in [0.2, 0.25) is 0 Å². The van der Waals surface area contributed by atoms with E-state index in [0.717, 1.165) is 44.0 Å². The molecule has 24 heavy (non-hydrogen) atoms. The molecule has 0 bridgehead atoms. The summed E-state index contributed by atoms with van der Waals surface area (Å²) in [5.74, 6) is 0.727. The summed E-state index contributed by atoms with van der Waals surface area (Å²) in [6.45, 7) is 4.65. The first-order valence-corrected chi connectivity index (χ1v) is 9.20. The predicted octanol–water partition coefficient (Wildman–Crippen LogP) is 5.33. The molecule has 0 amide bonds. The summed E-state index contributed by atoms with van der Waals surface area (Å²) in [6, 6.07) is 5.44. The Morgan fingerprint density at radius 3 is 2.67 bits per heavy atom. The number of halogens is 2. The lowest BCUT2D eigenvalue weighted by Crippen LogP contribution is -2.20. The third kappa shape index (κ3) is 2.32. The van der Waals surface area contributed by atoms with Crippen LogP contribution in [-0.4, -0.2) is 9.55 Å². The molecule has 0 aliphatic carbocycles. The highest BCUT2D eigenvalue weighted by Gasteiger charge is 2.23. The van der Waals surface area contributed by atoms with Gasteiger partial charge in [-0.05, 0) is 49.6 Å². The summed E-state index contributed by atoms with van der Waals surface area (Å²) >= 11 is 14.1. The Kier molecular flexibility index (Phi) is 3.79. The maximum absolute atomic E-state index is 12.8. The van der Waals surface area contributed by atoms with E-state index >= 15 is 0 Å². The number of thiophene rings is 1. The van der Waals surface area contributed by atoms with Crippen LogP contribution >= 0.6 is 34.5 Å². The molecule has 3 heterocycles. The molecule has 2 aromatic heterocycles. The highest BCUT2D eigenvalue weighted by Crippen LogP contribution is 2.34. The lowest BCUT2D eigenvalue weighted by Gasteiger charge is -2.05. The van der Waals surface area contributed by atoms with Gasteiger partial charge < -0.3 is 0 Å². The van der Waals surface area contributed by atoms with Crippen LogP contribution in [0.2, 0.25) is 10.0 Å². The van der Waals surface area contributed by atoms with Gasteiger partial charge in [0, 0.05) is 27.0 Å². The second-order valence-electron chi connectivity index (χ2n) is 5.91. The van der Waals surface area contributed by atoms with E-state index in [9.17, 15) is 4.79 Å². The minimum absolute atomic E-state index is 0.0468. The highest BCUT2D eigenvalue weighted by atomic mass is 35.5. The number of hydrogen-bond acceptors (Lipinski definition) is 3. The summed E-state index contributed by atoms with van der Waals surface area (Å²) in [5.41, 5.74) is 2.85. The van der Waals surface area contributed by atoms with Crippen molar-refractivity contribution >= 4 is 56.4 Å². The number of rotatable bonds is 1. The summed E-state index contributed by atoms with van der Waals surface area (Å²) in [4.78, 5) is 19.5. The van der Waals surface area contributed by atoms with Crippen LogP contribution in [-0.2, 0) is 6.54 Å². The molecule has 1 aliphatic rings. The van der Waals surface area contributed by atoms with Gasteiger partial charge in [-0.25, -0.2) is 4.98 Å². The number of fused-ring (bicyclic) bond motifs is 2. The van der Waals surface area contributed by atoms with Gasteiger partial charge in [-0.15, -0.1) is 11.3 Å². The Morgan fingerprint density at radius 1 is 1.25 bits per heavy atom. The van der Waals surface area contributed by atoms with Crippen LogP contribution in [0.25, 0.3) is 21.9 Å². The molecular weight excluding hydrogens is 363 g/mol. The average molecular weight is 377 g/mol. The van der Waals surface area contributed by atoms with Crippen molar-refractivity contribution in [3.05, 3.63) is 60.4 Å². The quantitative estimate of drug-likeness (QED) is 0.575. The largest absolute Gasteiger partial charge is 0.292 e. The summed E-state index contributed by atoms with van der Waals surface area (Å²) in [5, 5.41) is 1.94. The van der Waals surface area contributed by atoms with Crippen LogP contribution in [0.4, 0.5) is 0 Å². The highest BCUT2D eigenvalue weighted by molar-refractivity contribution is 7.18. The van der Waals surface area contributed by atoms with Gasteiger partial charge in [-0.3, -0.25) is 9.36 Å². The van der Waals surface area contributed by atoms with E-state index in [0.29, 0.717) is 16.6 Å². The first kappa shape index (κ1) is 15.9. The van der Waals surface area contributed by atoms with E-state index in [2.05, 4.69) is 0 Å². The van der Waals surface area contributed by atoms with Crippen molar-refractivity contribution in [2.45, 2.75) is 26.8 Å². The maximum Gasteiger partial charge on any atom is 0.262 e.